The number of rotatable bonds is 7. The monoisotopic (exact) mass is 454 g/mol. The van der Waals surface area contributed by atoms with Gasteiger partial charge < -0.3 is 10.3 Å². The summed E-state index contributed by atoms with van der Waals surface area (Å²) in [5.74, 6) is 0.0456. The minimum absolute atomic E-state index is 0.175. The number of pyridine rings is 1. The van der Waals surface area contributed by atoms with Crippen molar-refractivity contribution in [2.45, 2.75) is 33.4 Å². The van der Waals surface area contributed by atoms with E-state index in [0.717, 1.165) is 46.5 Å². The zero-order chi connectivity index (χ0) is 23.8. The molecule has 4 aromatic heterocycles. The normalized spacial score (nSPS) is 11.4. The summed E-state index contributed by atoms with van der Waals surface area (Å²) in [6.07, 6.45) is 4.73. The summed E-state index contributed by atoms with van der Waals surface area (Å²) in [6, 6.07) is 13.9. The standard InChI is InChI=1S/C25H26N8O/c1-4-10-33-22(11-16(2)30-33)20-15-32(14-17-8-6-5-7-9-17)25(29-20)23-18-13-27-31(3)21(18)12-19(28-23)24(26)34/h5-9,11-13,15H,4,10,14H2,1-3H3,(H2,26,34). The van der Waals surface area contributed by atoms with Crippen LogP contribution in [0.2, 0.25) is 0 Å². The minimum Gasteiger partial charge on any atom is -0.364 e. The molecular weight excluding hydrogens is 428 g/mol. The Kier molecular flexibility index (Phi) is 5.45. The van der Waals surface area contributed by atoms with Gasteiger partial charge in [-0.1, -0.05) is 37.3 Å². The van der Waals surface area contributed by atoms with Crippen molar-refractivity contribution >= 4 is 16.8 Å². The molecule has 172 valence electrons. The molecular formula is C25H26N8O. The Labute approximate surface area is 196 Å². The highest BCUT2D eigenvalue weighted by atomic mass is 16.1. The van der Waals surface area contributed by atoms with Crippen molar-refractivity contribution in [3.63, 3.8) is 0 Å². The number of hydrogen-bond donors (Lipinski definition) is 1. The fraction of sp³-hybridized carbons (Fsp3) is 0.240. The van der Waals surface area contributed by atoms with Gasteiger partial charge in [0.25, 0.3) is 5.91 Å². The van der Waals surface area contributed by atoms with E-state index in [4.69, 9.17) is 10.7 Å². The lowest BCUT2D eigenvalue weighted by atomic mass is 10.2. The number of amides is 1. The van der Waals surface area contributed by atoms with E-state index in [1.807, 2.05) is 49.1 Å². The fourth-order valence-corrected chi connectivity index (χ4v) is 4.20. The summed E-state index contributed by atoms with van der Waals surface area (Å²) < 4.78 is 5.75. The fourth-order valence-electron chi connectivity index (χ4n) is 4.20. The van der Waals surface area contributed by atoms with E-state index < -0.39 is 5.91 Å². The molecule has 5 aromatic rings. The number of nitrogens with two attached hydrogens (primary N) is 1. The zero-order valence-electron chi connectivity index (χ0n) is 19.4. The molecule has 2 N–H and O–H groups in total. The number of hydrogen-bond acceptors (Lipinski definition) is 5. The van der Waals surface area contributed by atoms with Gasteiger partial charge in [0, 0.05) is 31.7 Å². The van der Waals surface area contributed by atoms with E-state index in [9.17, 15) is 4.79 Å². The number of imidazole rings is 1. The van der Waals surface area contributed by atoms with Crippen LogP contribution in [0, 0.1) is 6.92 Å². The Morgan fingerprint density at radius 1 is 1.12 bits per heavy atom. The van der Waals surface area contributed by atoms with Crippen molar-refractivity contribution in [1.29, 1.82) is 0 Å². The van der Waals surface area contributed by atoms with Gasteiger partial charge in [0.15, 0.2) is 5.82 Å². The average Bonchev–Trinajstić information content (AvgIpc) is 3.51. The molecule has 0 saturated carbocycles. The van der Waals surface area contributed by atoms with Crippen LogP contribution in [0.3, 0.4) is 0 Å². The van der Waals surface area contributed by atoms with Gasteiger partial charge in [-0.2, -0.15) is 10.2 Å². The van der Waals surface area contributed by atoms with E-state index in [0.29, 0.717) is 18.1 Å². The maximum atomic E-state index is 12.1. The Bertz CT molecular complexity index is 1490. The second-order valence-corrected chi connectivity index (χ2v) is 8.38. The van der Waals surface area contributed by atoms with Crippen LogP contribution >= 0.6 is 0 Å². The van der Waals surface area contributed by atoms with E-state index in [-0.39, 0.29) is 5.69 Å². The van der Waals surface area contributed by atoms with Gasteiger partial charge >= 0.3 is 0 Å². The molecule has 0 bridgehead atoms. The van der Waals surface area contributed by atoms with Crippen LogP contribution in [0.5, 0.6) is 0 Å². The second kappa shape index (κ2) is 8.58. The van der Waals surface area contributed by atoms with Crippen molar-refractivity contribution in [3.8, 4) is 22.9 Å². The molecule has 0 atom stereocenters. The Balaban J connectivity index is 1.74. The highest BCUT2D eigenvalue weighted by Gasteiger charge is 2.21. The van der Waals surface area contributed by atoms with Crippen LogP contribution in [-0.2, 0) is 20.1 Å². The first-order valence-corrected chi connectivity index (χ1v) is 11.2. The molecule has 1 amide bonds. The number of primary amides is 1. The summed E-state index contributed by atoms with van der Waals surface area (Å²) in [4.78, 5) is 21.7. The summed E-state index contributed by atoms with van der Waals surface area (Å²) in [6.45, 7) is 5.49. The topological polar surface area (TPSA) is 109 Å². The van der Waals surface area contributed by atoms with Gasteiger partial charge in [0.2, 0.25) is 0 Å². The number of nitrogens with zero attached hydrogens (tertiary/aromatic N) is 7. The van der Waals surface area contributed by atoms with Gasteiger partial charge in [-0.25, -0.2) is 9.97 Å². The molecule has 0 aliphatic rings. The molecule has 0 aliphatic heterocycles. The number of carbonyl (C=O) groups is 1. The van der Waals surface area contributed by atoms with Crippen molar-refractivity contribution in [2.75, 3.05) is 0 Å². The molecule has 0 saturated heterocycles. The van der Waals surface area contributed by atoms with Gasteiger partial charge in [-0.3, -0.25) is 14.2 Å². The molecule has 0 fully saturated rings. The summed E-state index contributed by atoms with van der Waals surface area (Å²) >= 11 is 0. The van der Waals surface area contributed by atoms with Crippen LogP contribution in [0.4, 0.5) is 0 Å². The van der Waals surface area contributed by atoms with Crippen LogP contribution in [0.15, 0.2) is 54.9 Å². The van der Waals surface area contributed by atoms with Crippen molar-refractivity contribution in [2.24, 2.45) is 12.8 Å². The van der Waals surface area contributed by atoms with Gasteiger partial charge in [-0.05, 0) is 31.0 Å². The van der Waals surface area contributed by atoms with Crippen LogP contribution in [0.25, 0.3) is 33.8 Å². The lowest BCUT2D eigenvalue weighted by Crippen LogP contribution is -2.14. The third kappa shape index (κ3) is 3.85. The summed E-state index contributed by atoms with van der Waals surface area (Å²) in [5.41, 5.74) is 10.9. The molecule has 9 nitrogen and oxygen atoms in total. The Hall–Kier alpha value is -4.27. The first-order chi connectivity index (χ1) is 16.4. The van der Waals surface area contributed by atoms with E-state index >= 15 is 0 Å². The van der Waals surface area contributed by atoms with Gasteiger partial charge in [0.1, 0.15) is 17.1 Å². The third-order valence-corrected chi connectivity index (χ3v) is 5.78. The lowest BCUT2D eigenvalue weighted by molar-refractivity contribution is 0.0996. The summed E-state index contributed by atoms with van der Waals surface area (Å²) in [5, 5.41) is 9.82. The molecule has 1 aromatic carbocycles. The largest absolute Gasteiger partial charge is 0.364 e. The highest BCUT2D eigenvalue weighted by Crippen LogP contribution is 2.30. The molecule has 9 heteroatoms. The highest BCUT2D eigenvalue weighted by molar-refractivity contribution is 5.99. The second-order valence-electron chi connectivity index (χ2n) is 8.38. The molecule has 0 radical (unpaired) electrons. The molecule has 0 aliphatic carbocycles. The molecule has 34 heavy (non-hydrogen) atoms. The van der Waals surface area contributed by atoms with E-state index in [1.54, 1.807) is 16.9 Å². The first kappa shape index (κ1) is 21.6. The molecule has 0 unspecified atom stereocenters. The van der Waals surface area contributed by atoms with Crippen molar-refractivity contribution in [3.05, 3.63) is 71.8 Å². The average molecular weight is 455 g/mol. The Morgan fingerprint density at radius 2 is 1.91 bits per heavy atom. The van der Waals surface area contributed by atoms with Crippen LogP contribution in [0.1, 0.15) is 35.1 Å². The van der Waals surface area contributed by atoms with E-state index in [1.165, 1.54) is 0 Å². The maximum absolute atomic E-state index is 12.1. The SMILES string of the molecule is CCCn1nc(C)cc1-c1cn(Cc2ccccc2)c(-c2nc(C(N)=O)cc3c2cnn3C)n1. The van der Waals surface area contributed by atoms with Gasteiger partial charge in [-0.15, -0.1) is 0 Å². The number of aryl methyl sites for hydroxylation is 3. The summed E-state index contributed by atoms with van der Waals surface area (Å²) in [7, 11) is 1.82. The molecule has 5 rings (SSSR count). The first-order valence-electron chi connectivity index (χ1n) is 11.2. The minimum atomic E-state index is -0.595. The lowest BCUT2D eigenvalue weighted by Gasteiger charge is -2.09. The van der Waals surface area contributed by atoms with Crippen LogP contribution < -0.4 is 5.73 Å². The maximum Gasteiger partial charge on any atom is 0.267 e. The quantitative estimate of drug-likeness (QED) is 0.404. The molecule has 0 spiro atoms. The zero-order valence-corrected chi connectivity index (χ0v) is 19.4. The number of carbonyl (C=O) groups excluding carboxylic acids is 1. The van der Waals surface area contributed by atoms with Crippen LogP contribution in [-0.4, -0.2) is 40.0 Å². The smallest absolute Gasteiger partial charge is 0.267 e. The van der Waals surface area contributed by atoms with Gasteiger partial charge in [0.05, 0.1) is 23.1 Å². The number of benzene rings is 1. The number of fused-ring (bicyclic) bond motifs is 1. The van der Waals surface area contributed by atoms with E-state index in [2.05, 4.69) is 38.8 Å². The van der Waals surface area contributed by atoms with Crippen molar-refractivity contribution < 1.29 is 4.79 Å². The predicted molar refractivity (Wildman–Crippen MR) is 130 cm³/mol. The van der Waals surface area contributed by atoms with Crippen molar-refractivity contribution in [1.82, 2.24) is 34.1 Å². The molecule has 4 heterocycles. The Morgan fingerprint density at radius 3 is 2.65 bits per heavy atom. The predicted octanol–water partition coefficient (Wildman–Crippen LogP) is 3.56. The number of aromatic nitrogens is 7. The third-order valence-electron chi connectivity index (χ3n) is 5.78.